The molecule has 0 amide bonds. The molecule has 0 saturated heterocycles. The van der Waals surface area contributed by atoms with Crippen LogP contribution in [0.2, 0.25) is 0 Å². The van der Waals surface area contributed by atoms with E-state index in [0.29, 0.717) is 0 Å². The molecule has 0 aromatic heterocycles. The van der Waals surface area contributed by atoms with E-state index >= 15 is 0 Å². The Morgan fingerprint density at radius 3 is 0.684 bits per heavy atom. The van der Waals surface area contributed by atoms with Crippen LogP contribution in [0.15, 0.2) is 36.5 Å². The van der Waals surface area contributed by atoms with Gasteiger partial charge in [0, 0.05) is 26.6 Å². The summed E-state index contributed by atoms with van der Waals surface area (Å²) < 4.78 is 0. The Hall–Kier alpha value is -1.94. The maximum atomic E-state index is 9.60. The molecule has 0 atom stereocenters. The second kappa shape index (κ2) is 14.1. The van der Waals surface area contributed by atoms with Crippen molar-refractivity contribution >= 4 is 27.8 Å². The second-order valence-corrected chi connectivity index (χ2v) is 3.26. The van der Waals surface area contributed by atoms with Gasteiger partial charge in [0.1, 0.15) is 0 Å². The van der Waals surface area contributed by atoms with Gasteiger partial charge in [0.05, 0.1) is 0 Å². The van der Waals surface area contributed by atoms with Crippen LogP contribution in [0, 0.1) is 0 Å². The van der Waals surface area contributed by atoms with Gasteiger partial charge in [0.25, 0.3) is 0 Å². The minimum absolute atomic E-state index is 0. The molecule has 107 valence electrons. The number of carboxylic acids is 3. The van der Waals surface area contributed by atoms with Gasteiger partial charge in [-0.05, 0) is 20.8 Å². The van der Waals surface area contributed by atoms with Crippen molar-refractivity contribution in [1.82, 2.24) is 0 Å². The van der Waals surface area contributed by atoms with Gasteiger partial charge in [-0.2, -0.15) is 0 Å². The highest BCUT2D eigenvalue weighted by Crippen LogP contribution is 1.82. The van der Waals surface area contributed by atoms with Gasteiger partial charge >= 0.3 is 17.9 Å². The quantitative estimate of drug-likeness (QED) is 0.544. The highest BCUT2D eigenvalue weighted by molar-refractivity contribution is 6.92. The van der Waals surface area contributed by atoms with Crippen LogP contribution in [0.4, 0.5) is 0 Å². The van der Waals surface area contributed by atoms with Crippen LogP contribution in [-0.4, -0.2) is 33.2 Å². The summed E-state index contributed by atoms with van der Waals surface area (Å²) in [6.07, 6.45) is 0. The van der Waals surface area contributed by atoms with Gasteiger partial charge in [0.2, 0.25) is 0 Å². The average Bonchev–Trinajstić information content (AvgIpc) is 2.18. The highest BCUT2D eigenvalue weighted by Gasteiger charge is 1.91. The highest BCUT2D eigenvalue weighted by atomic mass is 31.0. The largest absolute Gasteiger partial charge is 0.478 e. The predicted molar refractivity (Wildman–Crippen MR) is 74.3 cm³/mol. The predicted octanol–water partition coefficient (Wildman–Crippen LogP) is 2.80. The van der Waals surface area contributed by atoms with Crippen molar-refractivity contribution in [2.24, 2.45) is 0 Å². The van der Waals surface area contributed by atoms with Crippen LogP contribution in [0.1, 0.15) is 20.8 Å². The molecule has 6 nitrogen and oxygen atoms in total. The molecular formula is C12H18O6P. The average molecular weight is 289 g/mol. The van der Waals surface area contributed by atoms with Gasteiger partial charge in [-0.15, -0.1) is 0 Å². The molecule has 7 heteroatoms. The minimum atomic E-state index is -0.935. The maximum absolute atomic E-state index is 9.60. The molecule has 0 aliphatic heterocycles. The first-order chi connectivity index (χ1) is 7.93. The summed E-state index contributed by atoms with van der Waals surface area (Å²) in [7, 11) is 0. The van der Waals surface area contributed by atoms with Crippen molar-refractivity contribution in [1.29, 1.82) is 0 Å². The standard InChI is InChI=1S/3C4H6O2.P/c3*1-3(2)4(5)6;/h3*1H2,2H3,(H,5,6);. The number of carbonyl (C=O) groups is 3. The fraction of sp³-hybridized carbons (Fsp3) is 0.250. The maximum Gasteiger partial charge on any atom is 0.330 e. The van der Waals surface area contributed by atoms with E-state index in [9.17, 15) is 14.4 Å². The second-order valence-electron chi connectivity index (χ2n) is 3.26. The fourth-order valence-corrected chi connectivity index (χ4v) is 0. The Balaban J connectivity index is -0.0000000865. The molecule has 0 spiro atoms. The molecule has 0 unspecified atom stereocenters. The van der Waals surface area contributed by atoms with E-state index in [-0.39, 0.29) is 26.6 Å². The number of hydrogen-bond acceptors (Lipinski definition) is 3. The van der Waals surface area contributed by atoms with E-state index in [1.54, 1.807) is 0 Å². The smallest absolute Gasteiger partial charge is 0.330 e. The minimum Gasteiger partial charge on any atom is -0.478 e. The van der Waals surface area contributed by atoms with E-state index in [0.717, 1.165) is 0 Å². The van der Waals surface area contributed by atoms with Gasteiger partial charge in [0.15, 0.2) is 0 Å². The summed E-state index contributed by atoms with van der Waals surface area (Å²) in [6.45, 7) is 13.8. The first kappa shape index (κ1) is 25.8. The van der Waals surface area contributed by atoms with Crippen LogP contribution < -0.4 is 0 Å². The Morgan fingerprint density at radius 1 is 0.632 bits per heavy atom. The van der Waals surface area contributed by atoms with Crippen LogP contribution in [0.3, 0.4) is 0 Å². The Kier molecular flexibility index (Phi) is 19.2. The van der Waals surface area contributed by atoms with Crippen LogP contribution >= 0.6 is 9.90 Å². The zero-order valence-electron chi connectivity index (χ0n) is 11.1. The molecule has 19 heavy (non-hydrogen) atoms. The molecule has 0 saturated carbocycles. The lowest BCUT2D eigenvalue weighted by atomic mass is 10.4. The van der Waals surface area contributed by atoms with E-state index in [1.165, 1.54) is 20.8 Å². The van der Waals surface area contributed by atoms with Crippen molar-refractivity contribution in [3.63, 3.8) is 0 Å². The van der Waals surface area contributed by atoms with E-state index in [4.69, 9.17) is 15.3 Å². The number of aliphatic carboxylic acids is 3. The van der Waals surface area contributed by atoms with Crippen LogP contribution in [0.25, 0.3) is 0 Å². The zero-order valence-corrected chi connectivity index (χ0v) is 12.0. The third kappa shape index (κ3) is 31.4. The van der Waals surface area contributed by atoms with E-state index in [1.807, 2.05) is 0 Å². The molecule has 3 radical (unpaired) electrons. The summed E-state index contributed by atoms with van der Waals surface area (Å²) in [5.41, 5.74) is 0.528. The van der Waals surface area contributed by atoms with Crippen molar-refractivity contribution in [2.75, 3.05) is 0 Å². The molecule has 3 N–H and O–H groups in total. The zero-order chi connectivity index (χ0) is 15.5. The lowest BCUT2D eigenvalue weighted by molar-refractivity contribution is -0.133. The van der Waals surface area contributed by atoms with Gasteiger partial charge < -0.3 is 15.3 Å². The Morgan fingerprint density at radius 2 is 0.684 bits per heavy atom. The van der Waals surface area contributed by atoms with Crippen LogP contribution in [-0.2, 0) is 14.4 Å². The Bertz CT molecular complexity index is 277. The number of hydrogen-bond donors (Lipinski definition) is 3. The summed E-state index contributed by atoms with van der Waals surface area (Å²) in [5, 5.41) is 23.7. The SMILES string of the molecule is C=C(C)C(=O)O.C=C(C)C(=O)O.C=C(C)C(=O)O.[P]. The molecule has 0 bridgehead atoms. The third-order valence-electron chi connectivity index (χ3n) is 1.10. The monoisotopic (exact) mass is 289 g/mol. The lowest BCUT2D eigenvalue weighted by Gasteiger charge is -1.79. The first-order valence-electron chi connectivity index (χ1n) is 4.59. The molecule has 0 aliphatic rings. The molecule has 0 aromatic rings. The van der Waals surface area contributed by atoms with Gasteiger partial charge in [-0.3, -0.25) is 0 Å². The van der Waals surface area contributed by atoms with E-state index < -0.39 is 17.9 Å². The Labute approximate surface area is 115 Å². The molecule has 0 aromatic carbocycles. The number of carboxylic acid groups (broad SMARTS) is 3. The van der Waals surface area contributed by atoms with Crippen molar-refractivity contribution < 1.29 is 29.7 Å². The van der Waals surface area contributed by atoms with Crippen molar-refractivity contribution in [3.8, 4) is 0 Å². The first-order valence-corrected chi connectivity index (χ1v) is 4.59. The van der Waals surface area contributed by atoms with Crippen molar-refractivity contribution in [2.45, 2.75) is 20.8 Å². The summed E-state index contributed by atoms with van der Waals surface area (Å²) >= 11 is 0. The summed E-state index contributed by atoms with van der Waals surface area (Å²) in [5.74, 6) is -2.81. The lowest BCUT2D eigenvalue weighted by Crippen LogP contribution is -1.92. The van der Waals surface area contributed by atoms with E-state index in [2.05, 4.69) is 19.7 Å². The van der Waals surface area contributed by atoms with Crippen LogP contribution in [0.5, 0.6) is 0 Å². The summed E-state index contributed by atoms with van der Waals surface area (Å²) in [6, 6.07) is 0. The molecular weight excluding hydrogens is 271 g/mol. The van der Waals surface area contributed by atoms with Crippen molar-refractivity contribution in [3.05, 3.63) is 36.5 Å². The molecule has 0 aliphatic carbocycles. The summed E-state index contributed by atoms with van der Waals surface area (Å²) in [4.78, 5) is 28.8. The molecule has 0 fully saturated rings. The molecule has 0 rings (SSSR count). The van der Waals surface area contributed by atoms with Gasteiger partial charge in [-0.25, -0.2) is 14.4 Å². The fourth-order valence-electron chi connectivity index (χ4n) is 0. The molecule has 0 heterocycles. The normalized spacial score (nSPS) is 7.11. The van der Waals surface area contributed by atoms with Gasteiger partial charge in [-0.1, -0.05) is 19.7 Å². The number of rotatable bonds is 3. The third-order valence-corrected chi connectivity index (χ3v) is 1.10. The topological polar surface area (TPSA) is 112 Å².